The number of imidazole rings is 1. The Hall–Kier alpha value is -1.36. The average molecular weight is 224 g/mol. The van der Waals surface area contributed by atoms with Gasteiger partial charge in [0.1, 0.15) is 0 Å². The first kappa shape index (κ1) is 10.2. The fourth-order valence-corrected chi connectivity index (χ4v) is 2.10. The lowest BCUT2D eigenvalue weighted by atomic mass is 10.1. The number of carboxylic acids is 1. The second-order valence-electron chi connectivity index (χ2n) is 3.60. The molecule has 0 aliphatic rings. The molecule has 0 fully saturated rings. The van der Waals surface area contributed by atoms with Gasteiger partial charge >= 0.3 is 5.97 Å². The van der Waals surface area contributed by atoms with Gasteiger partial charge in [0.15, 0.2) is 4.96 Å². The Morgan fingerprint density at radius 1 is 1.73 bits per heavy atom. The third kappa shape index (κ3) is 2.18. The van der Waals surface area contributed by atoms with Crippen LogP contribution in [0, 0.1) is 5.92 Å². The second kappa shape index (κ2) is 4.02. The minimum Gasteiger partial charge on any atom is -0.481 e. The first-order valence-electron chi connectivity index (χ1n) is 4.80. The molecule has 0 saturated carbocycles. The normalized spacial score (nSPS) is 13.1. The zero-order valence-corrected chi connectivity index (χ0v) is 9.20. The molecular formula is C10H12N2O2S. The van der Waals surface area contributed by atoms with Crippen LogP contribution in [-0.4, -0.2) is 20.5 Å². The third-order valence-corrected chi connectivity index (χ3v) is 3.17. The van der Waals surface area contributed by atoms with E-state index in [9.17, 15) is 4.79 Å². The molecule has 15 heavy (non-hydrogen) atoms. The predicted molar refractivity (Wildman–Crippen MR) is 58.2 cm³/mol. The van der Waals surface area contributed by atoms with Gasteiger partial charge in [-0.1, -0.05) is 6.92 Å². The number of rotatable bonds is 4. The maximum absolute atomic E-state index is 10.6. The number of thiazole rings is 1. The van der Waals surface area contributed by atoms with Gasteiger partial charge in [0.05, 0.1) is 11.6 Å². The molecule has 2 aromatic heterocycles. The van der Waals surface area contributed by atoms with Crippen molar-refractivity contribution in [3.05, 3.63) is 23.5 Å². The van der Waals surface area contributed by atoms with Crippen molar-refractivity contribution in [1.29, 1.82) is 0 Å². The number of aliphatic carboxylic acids is 1. The molecule has 4 nitrogen and oxygen atoms in total. The summed E-state index contributed by atoms with van der Waals surface area (Å²) < 4.78 is 1.96. The molecule has 2 heterocycles. The Bertz CT molecular complexity index is 446. The molecule has 0 aromatic carbocycles. The largest absolute Gasteiger partial charge is 0.481 e. The van der Waals surface area contributed by atoms with E-state index in [2.05, 4.69) is 4.98 Å². The Morgan fingerprint density at radius 2 is 2.53 bits per heavy atom. The molecule has 0 amide bonds. The molecule has 0 aliphatic carbocycles. The Balaban J connectivity index is 2.01. The van der Waals surface area contributed by atoms with Crippen molar-refractivity contribution >= 4 is 22.3 Å². The van der Waals surface area contributed by atoms with E-state index in [1.54, 1.807) is 18.3 Å². The van der Waals surface area contributed by atoms with Gasteiger partial charge in [-0.2, -0.15) is 0 Å². The van der Waals surface area contributed by atoms with Crippen LogP contribution >= 0.6 is 11.3 Å². The molecular weight excluding hydrogens is 212 g/mol. The molecule has 1 N–H and O–H groups in total. The fraction of sp³-hybridized carbons (Fsp3) is 0.400. The Morgan fingerprint density at radius 3 is 3.20 bits per heavy atom. The summed E-state index contributed by atoms with van der Waals surface area (Å²) in [5, 5.41) is 10.7. The van der Waals surface area contributed by atoms with Gasteiger partial charge in [-0.15, -0.1) is 11.3 Å². The van der Waals surface area contributed by atoms with Crippen molar-refractivity contribution in [2.45, 2.75) is 19.8 Å². The summed E-state index contributed by atoms with van der Waals surface area (Å²) in [7, 11) is 0. The summed E-state index contributed by atoms with van der Waals surface area (Å²) in [6.07, 6.45) is 5.28. The second-order valence-corrected chi connectivity index (χ2v) is 4.48. The molecule has 2 rings (SSSR count). The van der Waals surface area contributed by atoms with Crippen LogP contribution in [0.15, 0.2) is 17.8 Å². The minimum atomic E-state index is -0.740. The van der Waals surface area contributed by atoms with E-state index >= 15 is 0 Å². The van der Waals surface area contributed by atoms with E-state index in [4.69, 9.17) is 5.11 Å². The van der Waals surface area contributed by atoms with Gasteiger partial charge < -0.3 is 5.11 Å². The molecule has 5 heteroatoms. The summed E-state index contributed by atoms with van der Waals surface area (Å²) >= 11 is 1.58. The molecule has 1 unspecified atom stereocenters. The molecule has 2 aromatic rings. The highest BCUT2D eigenvalue weighted by Crippen LogP contribution is 2.14. The lowest BCUT2D eigenvalue weighted by molar-refractivity contribution is -0.141. The van der Waals surface area contributed by atoms with E-state index < -0.39 is 5.97 Å². The van der Waals surface area contributed by atoms with E-state index in [0.29, 0.717) is 6.42 Å². The van der Waals surface area contributed by atoms with Gasteiger partial charge in [0.2, 0.25) is 0 Å². The molecule has 0 saturated heterocycles. The van der Waals surface area contributed by atoms with E-state index in [0.717, 1.165) is 17.1 Å². The summed E-state index contributed by atoms with van der Waals surface area (Å²) in [5.41, 5.74) is 0.968. The van der Waals surface area contributed by atoms with E-state index in [-0.39, 0.29) is 5.92 Å². The lowest BCUT2D eigenvalue weighted by Crippen LogP contribution is -2.10. The fourth-order valence-electron chi connectivity index (χ4n) is 1.38. The van der Waals surface area contributed by atoms with Crippen molar-refractivity contribution in [2.24, 2.45) is 5.92 Å². The number of aryl methyl sites for hydroxylation is 1. The molecule has 1 atom stereocenters. The number of fused-ring (bicyclic) bond motifs is 1. The number of carbonyl (C=O) groups is 1. The Kier molecular flexibility index (Phi) is 2.73. The number of nitrogens with zero attached hydrogens (tertiary/aromatic N) is 2. The standard InChI is InChI=1S/C10H12N2O2S/c1-7(9(13)14)2-3-8-6-12-4-5-15-10(12)11-8/h4-7H,2-3H2,1H3,(H,13,14). The van der Waals surface area contributed by atoms with E-state index in [1.165, 1.54) is 0 Å². The smallest absolute Gasteiger partial charge is 0.306 e. The van der Waals surface area contributed by atoms with Gasteiger partial charge in [-0.3, -0.25) is 9.20 Å². The van der Waals surface area contributed by atoms with Crippen LogP contribution in [-0.2, 0) is 11.2 Å². The summed E-state index contributed by atoms with van der Waals surface area (Å²) in [6, 6.07) is 0. The van der Waals surface area contributed by atoms with Gasteiger partial charge in [0.25, 0.3) is 0 Å². The van der Waals surface area contributed by atoms with Crippen LogP contribution < -0.4 is 0 Å². The van der Waals surface area contributed by atoms with Crippen LogP contribution in [0.1, 0.15) is 19.0 Å². The van der Waals surface area contributed by atoms with Crippen LogP contribution in [0.5, 0.6) is 0 Å². The van der Waals surface area contributed by atoms with Crippen molar-refractivity contribution in [3.8, 4) is 0 Å². The quantitative estimate of drug-likeness (QED) is 0.864. The van der Waals surface area contributed by atoms with Crippen LogP contribution in [0.4, 0.5) is 0 Å². The highest BCUT2D eigenvalue weighted by Gasteiger charge is 2.11. The van der Waals surface area contributed by atoms with Crippen molar-refractivity contribution in [3.63, 3.8) is 0 Å². The van der Waals surface area contributed by atoms with Crippen LogP contribution in [0.25, 0.3) is 4.96 Å². The monoisotopic (exact) mass is 224 g/mol. The van der Waals surface area contributed by atoms with Crippen molar-refractivity contribution in [2.75, 3.05) is 0 Å². The van der Waals surface area contributed by atoms with Crippen molar-refractivity contribution < 1.29 is 9.90 Å². The highest BCUT2D eigenvalue weighted by molar-refractivity contribution is 7.15. The molecule has 0 bridgehead atoms. The molecule has 0 aliphatic heterocycles. The highest BCUT2D eigenvalue weighted by atomic mass is 32.1. The number of aromatic nitrogens is 2. The summed E-state index contributed by atoms with van der Waals surface area (Å²) in [4.78, 5) is 16.0. The molecule has 0 radical (unpaired) electrons. The first-order chi connectivity index (χ1) is 7.16. The van der Waals surface area contributed by atoms with Crippen LogP contribution in [0.3, 0.4) is 0 Å². The molecule has 0 spiro atoms. The Labute approximate surface area is 91.2 Å². The topological polar surface area (TPSA) is 54.6 Å². The summed E-state index contributed by atoms with van der Waals surface area (Å²) in [6.45, 7) is 1.72. The average Bonchev–Trinajstić information content (AvgIpc) is 2.72. The SMILES string of the molecule is CC(CCc1cn2ccsc2n1)C(=O)O. The zero-order chi connectivity index (χ0) is 10.8. The number of hydrogen-bond donors (Lipinski definition) is 1. The lowest BCUT2D eigenvalue weighted by Gasteiger charge is -2.02. The summed E-state index contributed by atoms with van der Waals surface area (Å²) in [5.74, 6) is -1.04. The zero-order valence-electron chi connectivity index (χ0n) is 8.38. The number of carboxylic acid groups (broad SMARTS) is 1. The third-order valence-electron chi connectivity index (χ3n) is 2.40. The van der Waals surface area contributed by atoms with Gasteiger partial charge in [-0.05, 0) is 12.8 Å². The van der Waals surface area contributed by atoms with E-state index in [1.807, 2.05) is 22.2 Å². The predicted octanol–water partition coefficient (Wildman–Crippen LogP) is 2.05. The molecule has 80 valence electrons. The van der Waals surface area contributed by atoms with Crippen molar-refractivity contribution in [1.82, 2.24) is 9.38 Å². The van der Waals surface area contributed by atoms with Crippen LogP contribution in [0.2, 0.25) is 0 Å². The first-order valence-corrected chi connectivity index (χ1v) is 5.68. The maximum Gasteiger partial charge on any atom is 0.306 e. The number of hydrogen-bond acceptors (Lipinski definition) is 3. The maximum atomic E-state index is 10.6. The van der Waals surface area contributed by atoms with Gasteiger partial charge in [0, 0.05) is 17.8 Å². The minimum absolute atomic E-state index is 0.301. The van der Waals surface area contributed by atoms with Gasteiger partial charge in [-0.25, -0.2) is 4.98 Å².